The van der Waals surface area contributed by atoms with Gasteiger partial charge in [0.05, 0.1) is 16.5 Å². The molecule has 0 fully saturated rings. The normalized spacial score (nSPS) is 10.0. The van der Waals surface area contributed by atoms with Crippen LogP contribution in [0.3, 0.4) is 0 Å². The number of halogens is 1. The molecule has 1 rings (SSSR count). The van der Waals surface area contributed by atoms with Gasteiger partial charge in [0.15, 0.2) is 0 Å². The molecule has 0 aliphatic carbocycles. The molecule has 0 aromatic heterocycles. The molecule has 70 valence electrons. The Morgan fingerprint density at radius 3 is 2.14 bits per heavy atom. The van der Waals surface area contributed by atoms with E-state index in [0.29, 0.717) is 5.56 Å². The monoisotopic (exact) mass is 240 g/mol. The summed E-state index contributed by atoms with van der Waals surface area (Å²) in [6.45, 7) is 0. The van der Waals surface area contributed by atoms with Crippen molar-refractivity contribution in [3.05, 3.63) is 29.8 Å². The fraction of sp³-hybridized carbons (Fsp3) is 0. The summed E-state index contributed by atoms with van der Waals surface area (Å²) in [6, 6.07) is 7.30. The first-order valence-corrected chi connectivity index (χ1v) is 5.09. The Balaban J connectivity index is 0.00000169. The van der Waals surface area contributed by atoms with Gasteiger partial charge in [-0.15, -0.1) is 4.24 Å². The van der Waals surface area contributed by atoms with Crippen molar-refractivity contribution in [3.63, 3.8) is 0 Å². The Hall–Kier alpha value is -0.0900. The van der Waals surface area contributed by atoms with Crippen molar-refractivity contribution in [3.8, 4) is 6.07 Å². The van der Waals surface area contributed by atoms with E-state index in [-0.39, 0.29) is 34.5 Å². The quantitative estimate of drug-likeness (QED) is 0.599. The third-order valence-electron chi connectivity index (χ3n) is 1.40. The Kier molecular flexibility index (Phi) is 5.67. The number of nitriles is 1. The van der Waals surface area contributed by atoms with Crippen molar-refractivity contribution >= 4 is 51.4 Å². The molecule has 0 atom stereocenters. The van der Waals surface area contributed by atoms with Crippen molar-refractivity contribution in [2.75, 3.05) is 0 Å². The summed E-state index contributed by atoms with van der Waals surface area (Å²) in [5.74, 6) is 0. The molecule has 0 heterocycles. The molecule has 0 radical (unpaired) electrons. The summed E-state index contributed by atoms with van der Waals surface area (Å²) in [7, 11) is -3.62. The molecule has 0 saturated carbocycles. The van der Waals surface area contributed by atoms with E-state index in [2.05, 4.69) is 0 Å². The molecule has 1 aromatic carbocycles. The summed E-state index contributed by atoms with van der Waals surface area (Å²) in [6.07, 6.45) is 0. The van der Waals surface area contributed by atoms with Crippen LogP contribution in [0, 0.1) is 11.3 Å². The molecule has 7 heteroatoms. The van der Waals surface area contributed by atoms with E-state index in [1.54, 1.807) is 4.24 Å². The van der Waals surface area contributed by atoms with E-state index in [1.807, 2.05) is 6.07 Å². The van der Waals surface area contributed by atoms with Gasteiger partial charge < -0.3 is 0 Å². The molecule has 0 saturated heterocycles. The second kappa shape index (κ2) is 5.71. The Morgan fingerprint density at radius 1 is 1.29 bits per heavy atom. The van der Waals surface area contributed by atoms with E-state index in [0.717, 1.165) is 0 Å². The first-order chi connectivity index (χ1) is 6.10. The molecule has 0 aliphatic heterocycles. The van der Waals surface area contributed by atoms with Gasteiger partial charge in [-0.1, -0.05) is 0 Å². The maximum absolute atomic E-state index is 11.1. The van der Waals surface area contributed by atoms with Crippen LogP contribution in [0.1, 0.15) is 5.56 Å². The zero-order chi connectivity index (χ0) is 9.90. The van der Waals surface area contributed by atoms with Gasteiger partial charge in [0, 0.05) is 0 Å². The van der Waals surface area contributed by atoms with E-state index in [9.17, 15) is 8.42 Å². The van der Waals surface area contributed by atoms with Crippen LogP contribution < -0.4 is 4.24 Å². The minimum absolute atomic E-state index is 0. The first-order valence-electron chi connectivity index (χ1n) is 3.23. The summed E-state index contributed by atoms with van der Waals surface area (Å²) in [5.41, 5.74) is 0.397. The van der Waals surface area contributed by atoms with Gasteiger partial charge in [0.2, 0.25) is 0 Å². The zero-order valence-electron chi connectivity index (χ0n) is 6.36. The molecule has 0 amide bonds. The number of hydrogen-bond donors (Lipinski definition) is 1. The van der Waals surface area contributed by atoms with Gasteiger partial charge in [-0.25, -0.2) is 8.42 Å². The van der Waals surface area contributed by atoms with Crippen molar-refractivity contribution in [2.24, 2.45) is 0 Å². The van der Waals surface area contributed by atoms with E-state index in [4.69, 9.17) is 17.0 Å². The number of benzene rings is 1. The molecule has 0 spiro atoms. The topological polar surface area (TPSA) is 70.0 Å². The molecular weight excluding hydrogens is 235 g/mol. The molecule has 0 unspecified atom stereocenters. The molecule has 1 N–H and O–H groups in total. The fourth-order valence-electron chi connectivity index (χ4n) is 0.753. The molecular formula is C7H6ClN2NaO2S. The number of hydrogen-bond acceptors (Lipinski definition) is 3. The van der Waals surface area contributed by atoms with Crippen molar-refractivity contribution in [1.82, 2.24) is 4.24 Å². The average Bonchev–Trinajstić information content (AvgIpc) is 2.18. The Bertz CT molecular complexity index is 438. The molecule has 1 aromatic rings. The van der Waals surface area contributed by atoms with Gasteiger partial charge in [-0.2, -0.15) is 5.26 Å². The van der Waals surface area contributed by atoms with Gasteiger partial charge in [0.25, 0.3) is 10.0 Å². The number of nitrogens with one attached hydrogen (secondary N) is 1. The van der Waals surface area contributed by atoms with Gasteiger partial charge in [-0.05, 0) is 36.0 Å². The summed E-state index contributed by atoms with van der Waals surface area (Å²) >= 11 is 5.00. The van der Waals surface area contributed by atoms with Crippen LogP contribution >= 0.6 is 11.8 Å². The second-order valence-electron chi connectivity index (χ2n) is 2.22. The molecule has 14 heavy (non-hydrogen) atoms. The Labute approximate surface area is 109 Å². The van der Waals surface area contributed by atoms with Gasteiger partial charge in [-0.3, -0.25) is 0 Å². The van der Waals surface area contributed by atoms with Crippen LogP contribution in [0.4, 0.5) is 0 Å². The zero-order valence-corrected chi connectivity index (χ0v) is 7.93. The van der Waals surface area contributed by atoms with Crippen LogP contribution in [0.25, 0.3) is 0 Å². The summed E-state index contributed by atoms with van der Waals surface area (Å²) in [4.78, 5) is 0.0292. The van der Waals surface area contributed by atoms with Gasteiger partial charge in [0.1, 0.15) is 0 Å². The molecule has 0 bridgehead atoms. The molecule has 4 nitrogen and oxygen atoms in total. The van der Waals surface area contributed by atoms with Crippen LogP contribution in [-0.4, -0.2) is 38.0 Å². The third kappa shape index (κ3) is 3.24. The van der Waals surface area contributed by atoms with Gasteiger partial charge >= 0.3 is 29.6 Å². The van der Waals surface area contributed by atoms with E-state index < -0.39 is 10.0 Å². The molecule has 0 aliphatic rings. The van der Waals surface area contributed by atoms with Crippen LogP contribution in [0.2, 0.25) is 0 Å². The third-order valence-corrected chi connectivity index (χ3v) is 3.10. The van der Waals surface area contributed by atoms with E-state index in [1.165, 1.54) is 24.3 Å². The predicted octanol–water partition coefficient (Wildman–Crippen LogP) is 0.342. The summed E-state index contributed by atoms with van der Waals surface area (Å²) < 4.78 is 23.8. The minimum atomic E-state index is -3.62. The standard InChI is InChI=1S/C7H5ClN2O2S.Na.H/c8-10-13(11,12)7-3-1-6(5-9)2-4-7;;/h1-4,10H;;. The number of sulfonamides is 1. The van der Waals surface area contributed by atoms with E-state index >= 15 is 0 Å². The van der Waals surface area contributed by atoms with Crippen LogP contribution in [0.5, 0.6) is 0 Å². The Morgan fingerprint density at radius 2 is 1.79 bits per heavy atom. The second-order valence-corrected chi connectivity index (χ2v) is 4.31. The SMILES string of the molecule is N#Cc1ccc(S(=O)(=O)NCl)cc1.[NaH]. The first kappa shape index (κ1) is 13.9. The average molecular weight is 241 g/mol. The predicted molar refractivity (Wildman–Crippen MR) is 54.5 cm³/mol. The summed E-state index contributed by atoms with van der Waals surface area (Å²) in [5, 5.41) is 8.45. The van der Waals surface area contributed by atoms with Crippen molar-refractivity contribution in [2.45, 2.75) is 4.90 Å². The number of rotatable bonds is 2. The van der Waals surface area contributed by atoms with Crippen LogP contribution in [0.15, 0.2) is 29.2 Å². The van der Waals surface area contributed by atoms with Crippen molar-refractivity contribution in [1.29, 1.82) is 5.26 Å². The van der Waals surface area contributed by atoms with Crippen LogP contribution in [-0.2, 0) is 10.0 Å². The maximum atomic E-state index is 11.1. The number of nitrogens with zero attached hydrogens (tertiary/aromatic N) is 1. The van der Waals surface area contributed by atoms with Crippen molar-refractivity contribution < 1.29 is 8.42 Å². The fourth-order valence-corrected chi connectivity index (χ4v) is 1.60.